The summed E-state index contributed by atoms with van der Waals surface area (Å²) < 4.78 is 52.8. The van der Waals surface area contributed by atoms with Crippen molar-refractivity contribution >= 4 is 17.7 Å². The van der Waals surface area contributed by atoms with Crippen molar-refractivity contribution in [3.63, 3.8) is 0 Å². The highest BCUT2D eigenvalue weighted by molar-refractivity contribution is 8.00. The van der Waals surface area contributed by atoms with Gasteiger partial charge >= 0.3 is 5.51 Å². The van der Waals surface area contributed by atoms with E-state index < -0.39 is 5.51 Å². The summed E-state index contributed by atoms with van der Waals surface area (Å²) >= 11 is -0.160. The van der Waals surface area contributed by atoms with E-state index in [-0.39, 0.29) is 41.5 Å². The molecule has 6 nitrogen and oxygen atoms in total. The highest BCUT2D eigenvalue weighted by Crippen LogP contribution is 2.36. The topological polar surface area (TPSA) is 73.6 Å². The zero-order valence-electron chi connectivity index (χ0n) is 15.5. The maximum absolute atomic E-state index is 12.3. The predicted octanol–water partition coefficient (Wildman–Crippen LogP) is 4.16. The minimum atomic E-state index is -4.31. The molecule has 0 radical (unpaired) electrons. The Morgan fingerprint density at radius 2 is 1.93 bits per heavy atom. The maximum Gasteiger partial charge on any atom is 0.446 e. The Kier molecular flexibility index (Phi) is 7.57. The lowest BCUT2D eigenvalue weighted by Gasteiger charge is -2.21. The van der Waals surface area contributed by atoms with Crippen molar-refractivity contribution in [3.8, 4) is 0 Å². The minimum Gasteiger partial charge on any atom is -0.381 e. The molecule has 2 heterocycles. The normalized spacial score (nSPS) is 15.4. The minimum absolute atomic E-state index is 0.0965. The summed E-state index contributed by atoms with van der Waals surface area (Å²) in [5.74, 6) is 0.498. The lowest BCUT2D eigenvalue weighted by atomic mass is 10.0. The number of carbonyl (C=O) groups is 1. The van der Waals surface area contributed by atoms with Crippen LogP contribution in [-0.2, 0) is 22.7 Å². The van der Waals surface area contributed by atoms with Crippen LogP contribution in [0.15, 0.2) is 39.8 Å². The van der Waals surface area contributed by atoms with Gasteiger partial charge in [0.05, 0.1) is 6.61 Å². The first kappa shape index (κ1) is 21.7. The van der Waals surface area contributed by atoms with Gasteiger partial charge < -0.3 is 19.3 Å². The molecule has 0 saturated carbocycles. The second kappa shape index (κ2) is 10.1. The predicted molar refractivity (Wildman–Crippen MR) is 99.2 cm³/mol. The number of benzene rings is 1. The highest BCUT2D eigenvalue weighted by atomic mass is 32.2. The summed E-state index contributed by atoms with van der Waals surface area (Å²) in [6.45, 7) is 2.30. The fourth-order valence-electron chi connectivity index (χ4n) is 2.82. The summed E-state index contributed by atoms with van der Waals surface area (Å²) in [6.07, 6.45) is 1.85. The Hall–Kier alpha value is -2.04. The third kappa shape index (κ3) is 7.37. The van der Waals surface area contributed by atoms with Crippen LogP contribution in [0.2, 0.25) is 0 Å². The zero-order chi connectivity index (χ0) is 20.7. The van der Waals surface area contributed by atoms with Crippen LogP contribution < -0.4 is 5.32 Å². The molecular weight excluding hydrogens is 409 g/mol. The number of halogens is 3. The van der Waals surface area contributed by atoms with Gasteiger partial charge in [-0.15, -0.1) is 0 Å². The average Bonchev–Trinajstić information content (AvgIpc) is 3.16. The number of aromatic nitrogens is 1. The third-order valence-electron chi connectivity index (χ3n) is 4.35. The maximum atomic E-state index is 12.3. The van der Waals surface area contributed by atoms with Crippen LogP contribution in [0.5, 0.6) is 0 Å². The van der Waals surface area contributed by atoms with Gasteiger partial charge in [0, 0.05) is 30.7 Å². The summed E-state index contributed by atoms with van der Waals surface area (Å²) in [4.78, 5) is 12.3. The molecule has 1 aliphatic rings. The molecule has 1 fully saturated rings. The number of amides is 1. The van der Waals surface area contributed by atoms with Crippen molar-refractivity contribution in [2.45, 2.75) is 36.5 Å². The fraction of sp³-hybridized carbons (Fsp3) is 0.474. The van der Waals surface area contributed by atoms with Crippen LogP contribution in [0.25, 0.3) is 0 Å². The van der Waals surface area contributed by atoms with Crippen LogP contribution in [0.3, 0.4) is 0 Å². The number of alkyl halides is 3. The van der Waals surface area contributed by atoms with Crippen molar-refractivity contribution in [1.82, 2.24) is 10.5 Å². The molecule has 1 saturated heterocycles. The van der Waals surface area contributed by atoms with Gasteiger partial charge in [0.25, 0.3) is 5.91 Å². The standard InChI is InChI=1S/C19H21F3N2O4S/c20-19(21,22)29-16-3-1-14(2-4-16)11-27-12-15-9-17(24-28-15)18(25)23-10-13-5-7-26-8-6-13/h1-4,9,13H,5-8,10-12H2,(H,23,25). The van der Waals surface area contributed by atoms with Gasteiger partial charge in [-0.3, -0.25) is 4.79 Å². The van der Waals surface area contributed by atoms with E-state index in [9.17, 15) is 18.0 Å². The molecule has 1 aliphatic heterocycles. The Bertz CT molecular complexity index is 789. The first-order chi connectivity index (χ1) is 13.9. The molecular formula is C19H21F3N2O4S. The molecule has 29 heavy (non-hydrogen) atoms. The number of rotatable bonds is 8. The molecule has 0 spiro atoms. The van der Waals surface area contributed by atoms with Crippen LogP contribution in [0.4, 0.5) is 13.2 Å². The lowest BCUT2D eigenvalue weighted by molar-refractivity contribution is -0.0328. The van der Waals surface area contributed by atoms with Gasteiger partial charge in [-0.05, 0) is 48.2 Å². The van der Waals surface area contributed by atoms with E-state index in [1.54, 1.807) is 12.1 Å². The van der Waals surface area contributed by atoms with Gasteiger partial charge in [0.2, 0.25) is 0 Å². The number of nitrogens with one attached hydrogen (secondary N) is 1. The van der Waals surface area contributed by atoms with Crippen molar-refractivity contribution in [2.75, 3.05) is 19.8 Å². The quantitative estimate of drug-likeness (QED) is 0.634. The van der Waals surface area contributed by atoms with Crippen LogP contribution in [0, 0.1) is 5.92 Å². The van der Waals surface area contributed by atoms with Crippen molar-refractivity contribution in [2.24, 2.45) is 5.92 Å². The van der Waals surface area contributed by atoms with Gasteiger partial charge in [-0.25, -0.2) is 0 Å². The number of nitrogens with zero attached hydrogens (tertiary/aromatic N) is 1. The van der Waals surface area contributed by atoms with Gasteiger partial charge in [-0.1, -0.05) is 17.3 Å². The Balaban J connectivity index is 1.40. The van der Waals surface area contributed by atoms with Crippen LogP contribution >= 0.6 is 11.8 Å². The Labute approximate surface area is 170 Å². The molecule has 0 bridgehead atoms. The second-order valence-electron chi connectivity index (χ2n) is 6.63. The zero-order valence-corrected chi connectivity index (χ0v) is 16.4. The van der Waals surface area contributed by atoms with E-state index in [1.807, 2.05) is 0 Å². The van der Waals surface area contributed by atoms with E-state index in [4.69, 9.17) is 14.0 Å². The molecule has 0 aliphatic carbocycles. The molecule has 2 aromatic rings. The Morgan fingerprint density at radius 3 is 2.62 bits per heavy atom. The van der Waals surface area contributed by atoms with Crippen molar-refractivity contribution in [1.29, 1.82) is 0 Å². The SMILES string of the molecule is O=C(NCC1CCOCC1)c1cc(COCc2ccc(SC(F)(F)F)cc2)on1. The van der Waals surface area contributed by atoms with Crippen LogP contribution in [0.1, 0.15) is 34.7 Å². The Morgan fingerprint density at radius 1 is 1.21 bits per heavy atom. The number of carbonyl (C=O) groups excluding carboxylic acids is 1. The number of hydrogen-bond acceptors (Lipinski definition) is 6. The van der Waals surface area contributed by atoms with E-state index in [2.05, 4.69) is 10.5 Å². The molecule has 1 amide bonds. The number of thioether (sulfide) groups is 1. The van der Waals surface area contributed by atoms with Crippen LogP contribution in [-0.4, -0.2) is 36.3 Å². The smallest absolute Gasteiger partial charge is 0.381 e. The van der Waals surface area contributed by atoms with E-state index in [0.29, 0.717) is 18.2 Å². The van der Waals surface area contributed by atoms with E-state index in [1.165, 1.54) is 18.2 Å². The van der Waals surface area contributed by atoms with E-state index >= 15 is 0 Å². The molecule has 1 aromatic carbocycles. The second-order valence-corrected chi connectivity index (χ2v) is 7.77. The summed E-state index contributed by atoms with van der Waals surface area (Å²) in [7, 11) is 0. The molecule has 0 unspecified atom stereocenters. The molecule has 3 rings (SSSR count). The molecule has 10 heteroatoms. The number of hydrogen-bond donors (Lipinski definition) is 1. The largest absolute Gasteiger partial charge is 0.446 e. The monoisotopic (exact) mass is 430 g/mol. The molecule has 158 valence electrons. The highest BCUT2D eigenvalue weighted by Gasteiger charge is 2.29. The fourth-order valence-corrected chi connectivity index (χ4v) is 3.36. The summed E-state index contributed by atoms with van der Waals surface area (Å²) in [5, 5.41) is 6.60. The molecule has 0 atom stereocenters. The van der Waals surface area contributed by atoms with Crippen molar-refractivity contribution in [3.05, 3.63) is 47.3 Å². The summed E-state index contributed by atoms with van der Waals surface area (Å²) in [5.41, 5.74) is -3.39. The first-order valence-electron chi connectivity index (χ1n) is 9.13. The molecule has 1 aromatic heterocycles. The molecule has 1 N–H and O–H groups in total. The first-order valence-corrected chi connectivity index (χ1v) is 9.94. The van der Waals surface area contributed by atoms with Gasteiger partial charge in [0.1, 0.15) is 6.61 Å². The van der Waals surface area contributed by atoms with Crippen molar-refractivity contribution < 1.29 is 32.0 Å². The van der Waals surface area contributed by atoms with Gasteiger partial charge in [0.15, 0.2) is 11.5 Å². The van der Waals surface area contributed by atoms with Gasteiger partial charge in [-0.2, -0.15) is 13.2 Å². The summed E-state index contributed by atoms with van der Waals surface area (Å²) in [6, 6.07) is 7.45. The third-order valence-corrected chi connectivity index (χ3v) is 5.09. The lowest BCUT2D eigenvalue weighted by Crippen LogP contribution is -2.32. The number of ether oxygens (including phenoxy) is 2. The van der Waals surface area contributed by atoms with E-state index in [0.717, 1.165) is 31.6 Å². The average molecular weight is 430 g/mol.